The van der Waals surface area contributed by atoms with E-state index in [1.54, 1.807) is 12.1 Å². The highest BCUT2D eigenvalue weighted by atomic mass is 19.1. The fourth-order valence-corrected chi connectivity index (χ4v) is 1.70. The molecule has 1 aromatic rings. The molecule has 0 saturated carbocycles. The Kier molecular flexibility index (Phi) is 5.38. The lowest BCUT2D eigenvalue weighted by molar-refractivity contribution is 0.146. The van der Waals surface area contributed by atoms with Crippen molar-refractivity contribution < 1.29 is 14.6 Å². The van der Waals surface area contributed by atoms with Crippen molar-refractivity contribution in [2.24, 2.45) is 5.92 Å². The van der Waals surface area contributed by atoms with Gasteiger partial charge in [0.25, 0.3) is 0 Å². The highest BCUT2D eigenvalue weighted by Crippen LogP contribution is 2.20. The summed E-state index contributed by atoms with van der Waals surface area (Å²) >= 11 is 0. The van der Waals surface area contributed by atoms with Gasteiger partial charge in [0.1, 0.15) is 0 Å². The average Bonchev–Trinajstić information content (AvgIpc) is 2.23. The molecular weight excluding hydrogens is 221 g/mol. The van der Waals surface area contributed by atoms with Crippen molar-refractivity contribution in [2.45, 2.75) is 32.9 Å². The quantitative estimate of drug-likeness (QED) is 0.714. The van der Waals surface area contributed by atoms with E-state index >= 15 is 0 Å². The molecule has 17 heavy (non-hydrogen) atoms. The number of hydrogen-bond acceptors (Lipinski definition) is 3. The maximum absolute atomic E-state index is 13.0. The monoisotopic (exact) mass is 241 g/mol. The van der Waals surface area contributed by atoms with E-state index in [0.717, 1.165) is 6.42 Å². The number of benzene rings is 1. The number of nitrogens with one attached hydrogen (secondary N) is 1. The molecule has 0 heterocycles. The van der Waals surface area contributed by atoms with E-state index in [4.69, 9.17) is 0 Å². The normalized spacial score (nSPS) is 13.0. The summed E-state index contributed by atoms with van der Waals surface area (Å²) in [6, 6.07) is 4.42. The second-order valence-corrected chi connectivity index (χ2v) is 4.66. The topological polar surface area (TPSA) is 52.5 Å². The van der Waals surface area contributed by atoms with Crippen LogP contribution in [0.2, 0.25) is 0 Å². The first-order valence-electron chi connectivity index (χ1n) is 5.85. The minimum Gasteiger partial charge on any atom is -0.505 e. The predicted molar refractivity (Wildman–Crippen MR) is 65.2 cm³/mol. The van der Waals surface area contributed by atoms with Crippen LogP contribution in [0, 0.1) is 11.7 Å². The summed E-state index contributed by atoms with van der Waals surface area (Å²) in [4.78, 5) is 0. The molecule has 0 fully saturated rings. The summed E-state index contributed by atoms with van der Waals surface area (Å²) in [7, 11) is 0. The minimum absolute atomic E-state index is 0.321. The Balaban J connectivity index is 2.38. The van der Waals surface area contributed by atoms with Crippen molar-refractivity contribution in [3.05, 3.63) is 29.6 Å². The van der Waals surface area contributed by atoms with E-state index < -0.39 is 11.9 Å². The molecule has 3 nitrogen and oxygen atoms in total. The zero-order valence-electron chi connectivity index (χ0n) is 10.3. The first-order valence-corrected chi connectivity index (χ1v) is 5.85. The molecule has 0 aliphatic rings. The summed E-state index contributed by atoms with van der Waals surface area (Å²) in [6.45, 7) is 4.87. The predicted octanol–water partition coefficient (Wildman–Crippen LogP) is 2.03. The fraction of sp³-hybridized carbons (Fsp3) is 0.538. The van der Waals surface area contributed by atoms with Gasteiger partial charge in [0, 0.05) is 18.7 Å². The van der Waals surface area contributed by atoms with Crippen molar-refractivity contribution in [3.63, 3.8) is 0 Å². The number of phenols is 1. The number of phenolic OH excluding ortho intramolecular Hbond substituents is 1. The average molecular weight is 241 g/mol. The molecule has 0 aromatic heterocycles. The Hall–Kier alpha value is -1.13. The van der Waals surface area contributed by atoms with Gasteiger partial charge in [0.15, 0.2) is 11.6 Å². The van der Waals surface area contributed by atoms with E-state index in [1.807, 2.05) is 13.8 Å². The van der Waals surface area contributed by atoms with Crippen LogP contribution in [0.25, 0.3) is 0 Å². The second-order valence-electron chi connectivity index (χ2n) is 4.66. The van der Waals surface area contributed by atoms with Crippen LogP contribution in [0.1, 0.15) is 25.8 Å². The molecule has 4 heteroatoms. The van der Waals surface area contributed by atoms with Gasteiger partial charge in [-0.3, -0.25) is 0 Å². The number of hydrogen-bond donors (Lipinski definition) is 3. The van der Waals surface area contributed by atoms with Crippen molar-refractivity contribution in [2.75, 3.05) is 6.54 Å². The number of aromatic hydroxyl groups is 1. The number of para-hydroxylation sites is 1. The third-order valence-electron chi connectivity index (χ3n) is 2.51. The lowest BCUT2D eigenvalue weighted by Crippen LogP contribution is -2.27. The summed E-state index contributed by atoms with van der Waals surface area (Å²) in [5.41, 5.74) is 0.502. The van der Waals surface area contributed by atoms with Gasteiger partial charge in [0.2, 0.25) is 0 Å². The Bertz CT molecular complexity index is 355. The van der Waals surface area contributed by atoms with Crippen molar-refractivity contribution >= 4 is 0 Å². The standard InChI is InChI=1S/C13H20FNO2/c1-9(2)6-11(16)8-15-7-10-4-3-5-12(14)13(10)17/h3-5,9,11,15-17H,6-8H2,1-2H3. The molecule has 0 saturated heterocycles. The van der Waals surface area contributed by atoms with Crippen LogP contribution in [0.5, 0.6) is 5.75 Å². The van der Waals surface area contributed by atoms with E-state index in [2.05, 4.69) is 5.32 Å². The summed E-state index contributed by atoms with van der Waals surface area (Å²) in [5.74, 6) is -0.500. The minimum atomic E-state index is -0.618. The van der Waals surface area contributed by atoms with Gasteiger partial charge >= 0.3 is 0 Å². The van der Waals surface area contributed by atoms with E-state index in [1.165, 1.54) is 6.07 Å². The summed E-state index contributed by atoms with van der Waals surface area (Å²) in [5, 5.41) is 22.1. The Morgan fingerprint density at radius 2 is 2.06 bits per heavy atom. The van der Waals surface area contributed by atoms with Gasteiger partial charge in [-0.2, -0.15) is 0 Å². The molecule has 0 aliphatic heterocycles. The Morgan fingerprint density at radius 1 is 1.35 bits per heavy atom. The molecule has 0 amide bonds. The SMILES string of the molecule is CC(C)CC(O)CNCc1cccc(F)c1O. The van der Waals surface area contributed by atoms with Gasteiger partial charge in [-0.05, 0) is 18.4 Å². The lowest BCUT2D eigenvalue weighted by atomic mass is 10.1. The summed E-state index contributed by atoms with van der Waals surface area (Å²) in [6.07, 6.45) is 0.313. The smallest absolute Gasteiger partial charge is 0.165 e. The third-order valence-corrected chi connectivity index (χ3v) is 2.51. The maximum Gasteiger partial charge on any atom is 0.165 e. The van der Waals surface area contributed by atoms with Gasteiger partial charge < -0.3 is 15.5 Å². The van der Waals surface area contributed by atoms with Crippen molar-refractivity contribution in [1.29, 1.82) is 0 Å². The molecule has 3 N–H and O–H groups in total. The highest BCUT2D eigenvalue weighted by molar-refractivity contribution is 5.33. The van der Waals surface area contributed by atoms with Gasteiger partial charge in [0.05, 0.1) is 6.10 Å². The molecule has 0 bridgehead atoms. The van der Waals surface area contributed by atoms with Crippen LogP contribution in [0.3, 0.4) is 0 Å². The molecule has 0 radical (unpaired) electrons. The lowest BCUT2D eigenvalue weighted by Gasteiger charge is -2.14. The van der Waals surface area contributed by atoms with Crippen molar-refractivity contribution in [1.82, 2.24) is 5.32 Å². The highest BCUT2D eigenvalue weighted by Gasteiger charge is 2.08. The number of aliphatic hydroxyl groups is 1. The second kappa shape index (κ2) is 6.57. The van der Waals surface area contributed by atoms with Crippen LogP contribution < -0.4 is 5.32 Å². The number of rotatable bonds is 6. The first-order chi connectivity index (χ1) is 8.00. The molecule has 1 unspecified atom stereocenters. The van der Waals surface area contributed by atoms with Gasteiger partial charge in [-0.1, -0.05) is 26.0 Å². The molecule has 1 aromatic carbocycles. The van der Waals surface area contributed by atoms with Crippen LogP contribution in [-0.2, 0) is 6.54 Å². The molecule has 0 aliphatic carbocycles. The zero-order valence-corrected chi connectivity index (χ0v) is 10.3. The van der Waals surface area contributed by atoms with E-state index in [9.17, 15) is 14.6 Å². The van der Waals surface area contributed by atoms with Gasteiger partial charge in [-0.15, -0.1) is 0 Å². The molecule has 0 spiro atoms. The van der Waals surface area contributed by atoms with Crippen LogP contribution >= 0.6 is 0 Å². The Labute approximate surface area is 101 Å². The number of aliphatic hydroxyl groups excluding tert-OH is 1. The summed E-state index contributed by atoms with van der Waals surface area (Å²) < 4.78 is 13.0. The first kappa shape index (κ1) is 13.9. The fourth-order valence-electron chi connectivity index (χ4n) is 1.70. The van der Waals surface area contributed by atoms with Crippen LogP contribution in [0.15, 0.2) is 18.2 Å². The van der Waals surface area contributed by atoms with Crippen molar-refractivity contribution in [3.8, 4) is 5.75 Å². The number of halogens is 1. The Morgan fingerprint density at radius 3 is 2.71 bits per heavy atom. The van der Waals surface area contributed by atoms with Gasteiger partial charge in [-0.25, -0.2) is 4.39 Å². The van der Waals surface area contributed by atoms with E-state index in [-0.39, 0.29) is 5.75 Å². The molecule has 1 rings (SSSR count). The molecular formula is C13H20FNO2. The maximum atomic E-state index is 13.0. The zero-order chi connectivity index (χ0) is 12.8. The third kappa shape index (κ3) is 4.71. The van der Waals surface area contributed by atoms with Crippen LogP contribution in [-0.4, -0.2) is 22.9 Å². The van der Waals surface area contributed by atoms with Crippen LogP contribution in [0.4, 0.5) is 4.39 Å². The van der Waals surface area contributed by atoms with E-state index in [0.29, 0.717) is 24.6 Å². The largest absolute Gasteiger partial charge is 0.505 e. The molecule has 1 atom stereocenters. The molecule has 96 valence electrons.